The van der Waals surface area contributed by atoms with E-state index >= 15 is 0 Å². The van der Waals surface area contributed by atoms with Crippen LogP contribution in [0.1, 0.15) is 35.8 Å². The van der Waals surface area contributed by atoms with E-state index in [1.165, 1.54) is 0 Å². The van der Waals surface area contributed by atoms with Crippen molar-refractivity contribution in [1.82, 2.24) is 9.88 Å². The lowest BCUT2D eigenvalue weighted by molar-refractivity contribution is 0.0539. The van der Waals surface area contributed by atoms with Crippen LogP contribution in [0.3, 0.4) is 0 Å². The van der Waals surface area contributed by atoms with Crippen molar-refractivity contribution in [3.63, 3.8) is 0 Å². The van der Waals surface area contributed by atoms with Gasteiger partial charge in [-0.05, 0) is 32.8 Å². The lowest BCUT2D eigenvalue weighted by Gasteiger charge is -2.24. The number of hydrogen-bond donors (Lipinski definition) is 2. The Hall–Kier alpha value is -1.66. The molecular formula is C14H22N4O2. The first-order chi connectivity index (χ1) is 9.65. The SMILES string of the molecule is CCN(CC1CCCO1)C(=O)c1cnc(C)cc1NN. The Kier molecular flexibility index (Phi) is 4.92. The summed E-state index contributed by atoms with van der Waals surface area (Å²) in [5, 5.41) is 0. The molecule has 1 aromatic rings. The first kappa shape index (κ1) is 14.7. The molecule has 110 valence electrons. The average molecular weight is 278 g/mol. The summed E-state index contributed by atoms with van der Waals surface area (Å²) in [6.07, 6.45) is 3.80. The molecule has 0 spiro atoms. The van der Waals surface area contributed by atoms with E-state index in [0.29, 0.717) is 24.3 Å². The predicted octanol–water partition coefficient (Wildman–Crippen LogP) is 1.32. The van der Waals surface area contributed by atoms with Gasteiger partial charge in [0.1, 0.15) is 0 Å². The molecule has 1 aliphatic rings. The minimum atomic E-state index is -0.0662. The number of carbonyl (C=O) groups excluding carboxylic acids is 1. The van der Waals surface area contributed by atoms with Crippen molar-refractivity contribution in [1.29, 1.82) is 0 Å². The molecule has 3 N–H and O–H groups in total. The topological polar surface area (TPSA) is 80.5 Å². The second-order valence-electron chi connectivity index (χ2n) is 4.99. The van der Waals surface area contributed by atoms with Gasteiger partial charge >= 0.3 is 0 Å². The molecule has 0 aliphatic carbocycles. The predicted molar refractivity (Wildman–Crippen MR) is 77.3 cm³/mol. The number of rotatable bonds is 5. The third kappa shape index (κ3) is 3.26. The van der Waals surface area contributed by atoms with Crippen molar-refractivity contribution in [2.75, 3.05) is 25.1 Å². The van der Waals surface area contributed by atoms with Crippen molar-refractivity contribution in [3.8, 4) is 0 Å². The third-order valence-corrected chi connectivity index (χ3v) is 3.54. The second-order valence-corrected chi connectivity index (χ2v) is 4.99. The largest absolute Gasteiger partial charge is 0.376 e. The van der Waals surface area contributed by atoms with E-state index in [4.69, 9.17) is 10.6 Å². The molecule has 1 saturated heterocycles. The lowest BCUT2D eigenvalue weighted by atomic mass is 10.1. The Morgan fingerprint density at radius 1 is 1.65 bits per heavy atom. The maximum Gasteiger partial charge on any atom is 0.257 e. The number of pyridine rings is 1. The van der Waals surface area contributed by atoms with Crippen molar-refractivity contribution >= 4 is 11.6 Å². The van der Waals surface area contributed by atoms with Crippen LogP contribution in [0.15, 0.2) is 12.3 Å². The van der Waals surface area contributed by atoms with Gasteiger partial charge in [-0.15, -0.1) is 0 Å². The van der Waals surface area contributed by atoms with E-state index in [1.807, 2.05) is 13.8 Å². The summed E-state index contributed by atoms with van der Waals surface area (Å²) in [6.45, 7) is 5.87. The number of ether oxygens (including phenoxy) is 1. The van der Waals surface area contributed by atoms with Gasteiger partial charge in [0.15, 0.2) is 0 Å². The lowest BCUT2D eigenvalue weighted by Crippen LogP contribution is -2.37. The monoisotopic (exact) mass is 278 g/mol. The van der Waals surface area contributed by atoms with Gasteiger partial charge in [0, 0.05) is 31.6 Å². The number of nitrogens with one attached hydrogen (secondary N) is 1. The van der Waals surface area contributed by atoms with Gasteiger partial charge < -0.3 is 15.1 Å². The maximum absolute atomic E-state index is 12.6. The highest BCUT2D eigenvalue weighted by molar-refractivity contribution is 5.99. The maximum atomic E-state index is 12.6. The molecule has 1 atom stereocenters. The number of aromatic nitrogens is 1. The quantitative estimate of drug-likeness (QED) is 0.627. The minimum Gasteiger partial charge on any atom is -0.376 e. The number of nitrogen functional groups attached to an aromatic ring is 1. The normalized spacial score (nSPS) is 18.1. The van der Waals surface area contributed by atoms with Gasteiger partial charge in [-0.2, -0.15) is 0 Å². The Morgan fingerprint density at radius 3 is 3.05 bits per heavy atom. The Balaban J connectivity index is 2.14. The van der Waals surface area contributed by atoms with Gasteiger partial charge in [-0.25, -0.2) is 0 Å². The molecular weight excluding hydrogens is 256 g/mol. The molecule has 0 aromatic carbocycles. The van der Waals surface area contributed by atoms with E-state index in [-0.39, 0.29) is 12.0 Å². The fraction of sp³-hybridized carbons (Fsp3) is 0.571. The van der Waals surface area contributed by atoms with E-state index in [9.17, 15) is 4.79 Å². The van der Waals surface area contributed by atoms with Crippen molar-refractivity contribution in [2.45, 2.75) is 32.8 Å². The number of amides is 1. The number of hydrogen-bond acceptors (Lipinski definition) is 5. The van der Waals surface area contributed by atoms with Crippen LogP contribution in [0, 0.1) is 6.92 Å². The number of nitrogens with two attached hydrogens (primary N) is 1. The summed E-state index contributed by atoms with van der Waals surface area (Å²) in [6, 6.07) is 1.77. The molecule has 6 heteroatoms. The number of likely N-dealkylation sites (N-methyl/N-ethyl adjacent to an activating group) is 1. The Bertz CT molecular complexity index is 472. The highest BCUT2D eigenvalue weighted by atomic mass is 16.5. The standard InChI is InChI=1S/C14H22N4O2/c1-3-18(9-11-5-4-6-20-11)14(19)12-8-16-10(2)7-13(12)17-15/h7-8,11H,3-6,9,15H2,1-2H3,(H,16,17). The van der Waals surface area contributed by atoms with E-state index in [2.05, 4.69) is 10.4 Å². The summed E-state index contributed by atoms with van der Waals surface area (Å²) in [5.41, 5.74) is 4.49. The first-order valence-electron chi connectivity index (χ1n) is 6.99. The van der Waals surface area contributed by atoms with Crippen LogP contribution in [0.25, 0.3) is 0 Å². The summed E-state index contributed by atoms with van der Waals surface area (Å²) in [7, 11) is 0. The highest BCUT2D eigenvalue weighted by Gasteiger charge is 2.24. The van der Waals surface area contributed by atoms with Crippen molar-refractivity contribution < 1.29 is 9.53 Å². The molecule has 1 aliphatic heterocycles. The van der Waals surface area contributed by atoms with Gasteiger partial charge in [0.2, 0.25) is 0 Å². The van der Waals surface area contributed by atoms with Gasteiger partial charge in [-0.1, -0.05) is 0 Å². The summed E-state index contributed by atoms with van der Waals surface area (Å²) in [4.78, 5) is 18.6. The number of nitrogens with zero attached hydrogens (tertiary/aromatic N) is 2. The summed E-state index contributed by atoms with van der Waals surface area (Å²) < 4.78 is 5.60. The molecule has 0 saturated carbocycles. The van der Waals surface area contributed by atoms with Gasteiger partial charge in [-0.3, -0.25) is 15.6 Å². The van der Waals surface area contributed by atoms with E-state index in [1.54, 1.807) is 17.2 Å². The average Bonchev–Trinajstić information content (AvgIpc) is 2.96. The van der Waals surface area contributed by atoms with E-state index < -0.39 is 0 Å². The van der Waals surface area contributed by atoms with Crippen LogP contribution in [0.5, 0.6) is 0 Å². The molecule has 20 heavy (non-hydrogen) atoms. The molecule has 1 amide bonds. The summed E-state index contributed by atoms with van der Waals surface area (Å²) in [5.74, 6) is 5.42. The zero-order valence-electron chi connectivity index (χ0n) is 12.1. The number of anilines is 1. The van der Waals surface area contributed by atoms with Crippen molar-refractivity contribution in [2.24, 2.45) is 5.84 Å². The molecule has 1 unspecified atom stereocenters. The van der Waals surface area contributed by atoms with Crippen LogP contribution in [0.2, 0.25) is 0 Å². The van der Waals surface area contributed by atoms with Crippen LogP contribution >= 0.6 is 0 Å². The van der Waals surface area contributed by atoms with Crippen LogP contribution in [-0.4, -0.2) is 41.6 Å². The number of carbonyl (C=O) groups is 1. The Morgan fingerprint density at radius 2 is 2.45 bits per heavy atom. The third-order valence-electron chi connectivity index (χ3n) is 3.54. The fourth-order valence-corrected chi connectivity index (χ4v) is 2.41. The molecule has 6 nitrogen and oxygen atoms in total. The van der Waals surface area contributed by atoms with E-state index in [0.717, 1.165) is 25.1 Å². The zero-order chi connectivity index (χ0) is 14.5. The van der Waals surface area contributed by atoms with Crippen LogP contribution < -0.4 is 11.3 Å². The molecule has 0 radical (unpaired) electrons. The molecule has 2 heterocycles. The smallest absolute Gasteiger partial charge is 0.257 e. The first-order valence-corrected chi connectivity index (χ1v) is 6.99. The van der Waals surface area contributed by atoms with Crippen LogP contribution in [0.4, 0.5) is 5.69 Å². The molecule has 1 fully saturated rings. The van der Waals surface area contributed by atoms with Crippen molar-refractivity contribution in [3.05, 3.63) is 23.5 Å². The second kappa shape index (κ2) is 6.67. The fourth-order valence-electron chi connectivity index (χ4n) is 2.41. The number of aryl methyl sites for hydroxylation is 1. The van der Waals surface area contributed by atoms with Gasteiger partial charge in [0.25, 0.3) is 5.91 Å². The number of hydrazine groups is 1. The Labute approximate surface area is 119 Å². The van der Waals surface area contributed by atoms with Crippen LogP contribution in [-0.2, 0) is 4.74 Å². The summed E-state index contributed by atoms with van der Waals surface area (Å²) >= 11 is 0. The van der Waals surface area contributed by atoms with Gasteiger partial charge in [0.05, 0.1) is 17.4 Å². The zero-order valence-corrected chi connectivity index (χ0v) is 12.1. The molecule has 0 bridgehead atoms. The minimum absolute atomic E-state index is 0.0662. The molecule has 2 rings (SSSR count). The highest BCUT2D eigenvalue weighted by Crippen LogP contribution is 2.19. The molecule has 1 aromatic heterocycles.